The van der Waals surface area contributed by atoms with E-state index in [0.717, 1.165) is 0 Å². The van der Waals surface area contributed by atoms with Gasteiger partial charge in [-0.3, -0.25) is 4.90 Å². The highest BCUT2D eigenvalue weighted by Gasteiger charge is 2.31. The number of ether oxygens (including phenoxy) is 1. The Kier molecular flexibility index (Phi) is 6.45. The van der Waals surface area contributed by atoms with Gasteiger partial charge in [0.25, 0.3) is 0 Å². The standard InChI is InChI=1S/C18H26BrFN2O3/c1-12-10-21(7-8-22(12)17(24)25-18(2,3)4)11-16(23)13-5-6-14(19)15(20)9-13/h5-6,9,12,16,23H,7-8,10-11H2,1-4H3/t12-,16?/m1/s1. The van der Waals surface area contributed by atoms with Gasteiger partial charge in [-0.2, -0.15) is 0 Å². The molecule has 0 saturated carbocycles. The third-order valence-electron chi connectivity index (χ3n) is 4.10. The van der Waals surface area contributed by atoms with Crippen molar-refractivity contribution in [3.05, 3.63) is 34.1 Å². The van der Waals surface area contributed by atoms with Crippen LogP contribution in [0.4, 0.5) is 9.18 Å². The molecule has 1 aromatic carbocycles. The number of aliphatic hydroxyl groups is 1. The van der Waals surface area contributed by atoms with Crippen LogP contribution in [0.5, 0.6) is 0 Å². The van der Waals surface area contributed by atoms with Crippen LogP contribution < -0.4 is 0 Å². The van der Waals surface area contributed by atoms with Crippen LogP contribution in [-0.4, -0.2) is 58.8 Å². The lowest BCUT2D eigenvalue weighted by Crippen LogP contribution is -2.55. The molecule has 5 nitrogen and oxygen atoms in total. The van der Waals surface area contributed by atoms with Crippen molar-refractivity contribution in [3.63, 3.8) is 0 Å². The summed E-state index contributed by atoms with van der Waals surface area (Å²) < 4.78 is 19.4. The van der Waals surface area contributed by atoms with E-state index in [0.29, 0.717) is 36.2 Å². The molecule has 1 heterocycles. The van der Waals surface area contributed by atoms with Gasteiger partial charge in [0.05, 0.1) is 10.6 Å². The second-order valence-corrected chi connectivity index (χ2v) is 8.33. The molecule has 0 radical (unpaired) electrons. The highest BCUT2D eigenvalue weighted by atomic mass is 79.9. The second-order valence-electron chi connectivity index (χ2n) is 7.47. The smallest absolute Gasteiger partial charge is 0.410 e. The minimum absolute atomic E-state index is 0.0162. The Bertz CT molecular complexity index is 621. The van der Waals surface area contributed by atoms with Crippen LogP contribution in [0.1, 0.15) is 39.4 Å². The molecule has 0 bridgehead atoms. The maximum Gasteiger partial charge on any atom is 0.410 e. The lowest BCUT2D eigenvalue weighted by Gasteiger charge is -2.40. The molecular formula is C18H26BrFN2O3. The number of piperazine rings is 1. The van der Waals surface area contributed by atoms with Crippen LogP contribution in [0.2, 0.25) is 0 Å². The van der Waals surface area contributed by atoms with Gasteiger partial charge in [-0.05, 0) is 61.3 Å². The number of carbonyl (C=O) groups is 1. The van der Waals surface area contributed by atoms with Gasteiger partial charge in [0.1, 0.15) is 11.4 Å². The fourth-order valence-corrected chi connectivity index (χ4v) is 3.11. The van der Waals surface area contributed by atoms with Gasteiger partial charge < -0.3 is 14.7 Å². The van der Waals surface area contributed by atoms with E-state index in [-0.39, 0.29) is 18.0 Å². The Hall–Kier alpha value is -1.18. The Morgan fingerprint density at radius 1 is 1.44 bits per heavy atom. The summed E-state index contributed by atoms with van der Waals surface area (Å²) in [5, 5.41) is 10.4. The van der Waals surface area contributed by atoms with Crippen molar-refractivity contribution in [1.29, 1.82) is 0 Å². The molecule has 0 aliphatic carbocycles. The zero-order valence-corrected chi connectivity index (χ0v) is 16.7. The van der Waals surface area contributed by atoms with Crippen molar-refractivity contribution in [2.24, 2.45) is 0 Å². The number of halogens is 2. The number of carbonyl (C=O) groups excluding carboxylic acids is 1. The van der Waals surface area contributed by atoms with Gasteiger partial charge >= 0.3 is 6.09 Å². The zero-order chi connectivity index (χ0) is 18.8. The van der Waals surface area contributed by atoms with Crippen molar-refractivity contribution >= 4 is 22.0 Å². The fourth-order valence-electron chi connectivity index (χ4n) is 2.86. The summed E-state index contributed by atoms with van der Waals surface area (Å²) in [6.07, 6.45) is -1.09. The predicted molar refractivity (Wildman–Crippen MR) is 97.9 cm³/mol. The molecule has 1 aliphatic rings. The summed E-state index contributed by atoms with van der Waals surface area (Å²) in [5.74, 6) is -0.389. The number of hydrogen-bond donors (Lipinski definition) is 1. The van der Waals surface area contributed by atoms with Crippen molar-refractivity contribution < 1.29 is 19.0 Å². The maximum atomic E-state index is 13.6. The monoisotopic (exact) mass is 416 g/mol. The summed E-state index contributed by atoms with van der Waals surface area (Å²) in [6.45, 7) is 9.71. The molecule has 1 aromatic rings. The minimum atomic E-state index is -0.775. The van der Waals surface area contributed by atoms with Gasteiger partial charge in [0.2, 0.25) is 0 Å². The molecule has 2 rings (SSSR count). The number of rotatable bonds is 3. The van der Waals surface area contributed by atoms with E-state index in [9.17, 15) is 14.3 Å². The van der Waals surface area contributed by atoms with Crippen LogP contribution >= 0.6 is 15.9 Å². The largest absolute Gasteiger partial charge is 0.444 e. The highest BCUT2D eigenvalue weighted by molar-refractivity contribution is 9.10. The summed E-state index contributed by atoms with van der Waals surface area (Å²) in [4.78, 5) is 16.0. The third-order valence-corrected chi connectivity index (χ3v) is 4.74. The molecule has 2 atom stereocenters. The van der Waals surface area contributed by atoms with E-state index in [1.807, 2.05) is 27.7 Å². The first-order valence-electron chi connectivity index (χ1n) is 8.42. The number of hydrogen-bond acceptors (Lipinski definition) is 4. The van der Waals surface area contributed by atoms with Crippen molar-refractivity contribution in [2.75, 3.05) is 26.2 Å². The van der Waals surface area contributed by atoms with Gasteiger partial charge in [-0.25, -0.2) is 9.18 Å². The first-order chi connectivity index (χ1) is 11.6. The maximum absolute atomic E-state index is 13.6. The predicted octanol–water partition coefficient (Wildman–Crippen LogP) is 3.56. The molecule has 1 fully saturated rings. The van der Waals surface area contributed by atoms with Crippen LogP contribution in [0, 0.1) is 5.82 Å². The van der Waals surface area contributed by atoms with Crippen molar-refractivity contribution in [2.45, 2.75) is 45.4 Å². The average Bonchev–Trinajstić information content (AvgIpc) is 2.48. The van der Waals surface area contributed by atoms with Crippen LogP contribution in [-0.2, 0) is 4.74 Å². The molecule has 1 N–H and O–H groups in total. The number of nitrogens with zero attached hydrogens (tertiary/aromatic N) is 2. The number of amides is 1. The molecule has 25 heavy (non-hydrogen) atoms. The lowest BCUT2D eigenvalue weighted by atomic mass is 10.1. The summed E-state index contributed by atoms with van der Waals surface area (Å²) >= 11 is 3.11. The summed E-state index contributed by atoms with van der Waals surface area (Å²) in [5.41, 5.74) is 0.0263. The van der Waals surface area contributed by atoms with Gasteiger partial charge in [0, 0.05) is 32.2 Å². The van der Waals surface area contributed by atoms with Crippen molar-refractivity contribution in [1.82, 2.24) is 9.80 Å². The van der Waals surface area contributed by atoms with Crippen LogP contribution in [0.3, 0.4) is 0 Å². The average molecular weight is 417 g/mol. The Morgan fingerprint density at radius 2 is 2.12 bits per heavy atom. The molecule has 1 amide bonds. The van der Waals surface area contributed by atoms with E-state index in [1.54, 1.807) is 17.0 Å². The van der Waals surface area contributed by atoms with Crippen LogP contribution in [0.15, 0.2) is 22.7 Å². The highest BCUT2D eigenvalue weighted by Crippen LogP contribution is 2.23. The molecule has 1 unspecified atom stereocenters. The van der Waals surface area contributed by atoms with Crippen molar-refractivity contribution in [3.8, 4) is 0 Å². The molecule has 1 saturated heterocycles. The lowest BCUT2D eigenvalue weighted by molar-refractivity contribution is -0.00423. The normalized spacial score (nSPS) is 20.4. The number of benzene rings is 1. The quantitative estimate of drug-likeness (QED) is 0.817. The number of aliphatic hydroxyl groups excluding tert-OH is 1. The molecule has 140 valence electrons. The van der Waals surface area contributed by atoms with Crippen LogP contribution in [0.25, 0.3) is 0 Å². The second kappa shape index (κ2) is 8.01. The van der Waals surface area contributed by atoms with E-state index < -0.39 is 11.7 Å². The fraction of sp³-hybridized carbons (Fsp3) is 0.611. The first-order valence-corrected chi connectivity index (χ1v) is 9.21. The molecule has 0 aromatic heterocycles. The zero-order valence-electron chi connectivity index (χ0n) is 15.1. The van der Waals surface area contributed by atoms with Gasteiger partial charge in [-0.15, -0.1) is 0 Å². The van der Waals surface area contributed by atoms with Gasteiger partial charge in [-0.1, -0.05) is 6.07 Å². The Labute approximate surface area is 156 Å². The van der Waals surface area contributed by atoms with E-state index in [1.165, 1.54) is 6.07 Å². The first kappa shape index (κ1) is 20.1. The SMILES string of the molecule is C[C@@H]1CN(CC(O)c2ccc(Br)c(F)c2)CCN1C(=O)OC(C)(C)C. The molecule has 1 aliphatic heterocycles. The minimum Gasteiger partial charge on any atom is -0.444 e. The van der Waals surface area contributed by atoms with E-state index in [4.69, 9.17) is 4.74 Å². The Morgan fingerprint density at radius 3 is 2.68 bits per heavy atom. The molecular weight excluding hydrogens is 391 g/mol. The summed E-state index contributed by atoms with van der Waals surface area (Å²) in [6, 6.07) is 4.63. The molecule has 7 heteroatoms. The summed E-state index contributed by atoms with van der Waals surface area (Å²) in [7, 11) is 0. The number of β-amino-alcohol motifs (C(OH)–C–C–N with tert-alkyl or cyclic N) is 1. The Balaban J connectivity index is 1.92. The topological polar surface area (TPSA) is 53.0 Å². The van der Waals surface area contributed by atoms with E-state index >= 15 is 0 Å². The molecule has 0 spiro atoms. The van der Waals surface area contributed by atoms with Gasteiger partial charge in [0.15, 0.2) is 0 Å². The van der Waals surface area contributed by atoms with E-state index in [2.05, 4.69) is 20.8 Å². The third kappa shape index (κ3) is 5.66.